The van der Waals surface area contributed by atoms with Gasteiger partial charge < -0.3 is 19.6 Å². The average molecular weight is 539 g/mol. The van der Waals surface area contributed by atoms with Crippen LogP contribution in [0.4, 0.5) is 5.82 Å². The molecule has 1 fully saturated rings. The van der Waals surface area contributed by atoms with Crippen LogP contribution in [0, 0.1) is 12.8 Å². The van der Waals surface area contributed by atoms with Gasteiger partial charge in [-0.15, -0.1) is 11.8 Å². The lowest BCUT2D eigenvalue weighted by atomic mass is 9.95. The number of thioether (sulfide) groups is 1. The number of hydrogen-bond acceptors (Lipinski definition) is 7. The molecule has 2 unspecified atom stereocenters. The molecule has 0 aromatic carbocycles. The Balaban J connectivity index is 1.57. The molecule has 0 bridgehead atoms. The molecule has 2 aliphatic rings. The summed E-state index contributed by atoms with van der Waals surface area (Å²) in [6.45, 7) is 3.85. The van der Waals surface area contributed by atoms with Gasteiger partial charge in [-0.05, 0) is 50.0 Å². The third kappa shape index (κ3) is 7.50. The average Bonchev–Trinajstić information content (AvgIpc) is 3.51. The second kappa shape index (κ2) is 13.3. The van der Waals surface area contributed by atoms with E-state index in [2.05, 4.69) is 15.8 Å². The fourth-order valence-electron chi connectivity index (χ4n) is 4.55. The molecule has 3 amide bonds. The van der Waals surface area contributed by atoms with E-state index in [1.165, 1.54) is 23.7 Å². The lowest BCUT2D eigenvalue weighted by Gasteiger charge is -2.32. The first-order valence-electron chi connectivity index (χ1n) is 12.9. The fourth-order valence-corrected chi connectivity index (χ4v) is 5.23. The van der Waals surface area contributed by atoms with Gasteiger partial charge in [0.15, 0.2) is 11.9 Å². The molecule has 0 radical (unpaired) electrons. The van der Waals surface area contributed by atoms with Crippen molar-refractivity contribution in [1.82, 2.24) is 15.4 Å². The third-order valence-electron chi connectivity index (χ3n) is 6.45. The summed E-state index contributed by atoms with van der Waals surface area (Å²) in [6.07, 6.45) is 16.1. The minimum absolute atomic E-state index is 0.0103. The van der Waals surface area contributed by atoms with E-state index >= 15 is 0 Å². The first-order valence-corrected chi connectivity index (χ1v) is 14.1. The second-order valence-electron chi connectivity index (χ2n) is 9.58. The number of carbonyl (C=O) groups excluding carboxylic acids is 3. The number of amides is 3. The van der Waals surface area contributed by atoms with Crippen LogP contribution in [0.3, 0.4) is 0 Å². The summed E-state index contributed by atoms with van der Waals surface area (Å²) in [5.41, 5.74) is 0.584. The maximum absolute atomic E-state index is 13.8. The number of aryl methyl sites for hydroxylation is 1. The molecule has 2 atom stereocenters. The SMILES string of the molecule is Cc1ccc(C(C(=O)NC2CCCCC2)N(C(=O)CSCC(=O)Nc2ccon2)C2=CC=CC(C)C=C2)o1. The van der Waals surface area contributed by atoms with Gasteiger partial charge in [0.25, 0.3) is 5.91 Å². The van der Waals surface area contributed by atoms with Crippen LogP contribution >= 0.6 is 11.8 Å². The van der Waals surface area contributed by atoms with Gasteiger partial charge in [-0.1, -0.05) is 49.6 Å². The summed E-state index contributed by atoms with van der Waals surface area (Å²) in [5, 5.41) is 9.45. The molecule has 9 nitrogen and oxygen atoms in total. The molecule has 0 saturated heterocycles. The molecule has 10 heteroatoms. The van der Waals surface area contributed by atoms with E-state index in [0.717, 1.165) is 37.4 Å². The quantitative estimate of drug-likeness (QED) is 0.441. The molecule has 2 N–H and O–H groups in total. The zero-order valence-corrected chi connectivity index (χ0v) is 22.5. The monoisotopic (exact) mass is 538 g/mol. The molecule has 4 rings (SSSR count). The minimum atomic E-state index is -0.986. The van der Waals surface area contributed by atoms with Crippen LogP contribution in [0.25, 0.3) is 0 Å². The molecule has 202 valence electrons. The molecule has 2 aromatic rings. The highest BCUT2D eigenvalue weighted by Crippen LogP contribution is 2.31. The summed E-state index contributed by atoms with van der Waals surface area (Å²) in [6, 6.07) is 4.16. The minimum Gasteiger partial charge on any atom is -0.464 e. The summed E-state index contributed by atoms with van der Waals surface area (Å²) in [4.78, 5) is 41.4. The lowest BCUT2D eigenvalue weighted by molar-refractivity contribution is -0.137. The van der Waals surface area contributed by atoms with Gasteiger partial charge in [0.2, 0.25) is 11.8 Å². The largest absolute Gasteiger partial charge is 0.464 e. The molecule has 38 heavy (non-hydrogen) atoms. The fraction of sp³-hybridized carbons (Fsp3) is 0.429. The summed E-state index contributed by atoms with van der Waals surface area (Å²) < 4.78 is 10.6. The molecule has 0 spiro atoms. The van der Waals surface area contributed by atoms with Gasteiger partial charge in [0.1, 0.15) is 17.8 Å². The van der Waals surface area contributed by atoms with E-state index in [1.807, 2.05) is 44.2 Å². The van der Waals surface area contributed by atoms with E-state index in [1.54, 1.807) is 12.1 Å². The van der Waals surface area contributed by atoms with Gasteiger partial charge in [0, 0.05) is 17.8 Å². The van der Waals surface area contributed by atoms with Crippen molar-refractivity contribution in [2.24, 2.45) is 5.92 Å². The van der Waals surface area contributed by atoms with Gasteiger partial charge in [-0.3, -0.25) is 19.3 Å². The number of aromatic nitrogens is 1. The van der Waals surface area contributed by atoms with Crippen molar-refractivity contribution in [2.75, 3.05) is 16.8 Å². The van der Waals surface area contributed by atoms with Crippen LogP contribution in [0.2, 0.25) is 0 Å². The topological polar surface area (TPSA) is 118 Å². The van der Waals surface area contributed by atoms with Crippen LogP contribution in [0.15, 0.2) is 69.5 Å². The van der Waals surface area contributed by atoms with Gasteiger partial charge in [0.05, 0.1) is 11.5 Å². The highest BCUT2D eigenvalue weighted by atomic mass is 32.2. The van der Waals surface area contributed by atoms with E-state index in [0.29, 0.717) is 23.0 Å². The third-order valence-corrected chi connectivity index (χ3v) is 7.37. The van der Waals surface area contributed by atoms with Crippen molar-refractivity contribution < 1.29 is 23.3 Å². The predicted octanol–water partition coefficient (Wildman–Crippen LogP) is 4.91. The number of hydrogen-bond donors (Lipinski definition) is 2. The highest BCUT2D eigenvalue weighted by molar-refractivity contribution is 8.00. The van der Waals surface area contributed by atoms with Gasteiger partial charge >= 0.3 is 0 Å². The predicted molar refractivity (Wildman–Crippen MR) is 146 cm³/mol. The standard InChI is InChI=1S/C28H34N4O5S/c1-19-7-6-10-22(13-11-19)32(26(34)18-38-17-25(33)30-24-15-16-36-31-24)27(23-14-12-20(2)37-23)28(35)29-21-8-4-3-5-9-21/h6-7,10-16,19,21,27H,3-5,8-9,17-18H2,1-2H3,(H,29,35)(H,30,31,33). The molecule has 2 aliphatic carbocycles. The number of anilines is 1. The Morgan fingerprint density at radius 3 is 2.66 bits per heavy atom. The first-order chi connectivity index (χ1) is 18.4. The van der Waals surface area contributed by atoms with Crippen LogP contribution in [0.1, 0.15) is 56.6 Å². The van der Waals surface area contributed by atoms with E-state index < -0.39 is 6.04 Å². The van der Waals surface area contributed by atoms with E-state index in [4.69, 9.17) is 8.94 Å². The zero-order chi connectivity index (χ0) is 26.9. The van der Waals surface area contributed by atoms with Crippen molar-refractivity contribution in [1.29, 1.82) is 0 Å². The molecular weight excluding hydrogens is 504 g/mol. The number of carbonyl (C=O) groups is 3. The Labute approximate surface area is 226 Å². The summed E-state index contributed by atoms with van der Waals surface area (Å²) >= 11 is 1.16. The number of nitrogens with zero attached hydrogens (tertiary/aromatic N) is 2. The molecular formula is C28H34N4O5S. The van der Waals surface area contributed by atoms with Crippen molar-refractivity contribution in [3.8, 4) is 0 Å². The lowest BCUT2D eigenvalue weighted by Crippen LogP contribution is -2.47. The Morgan fingerprint density at radius 1 is 1.13 bits per heavy atom. The Morgan fingerprint density at radius 2 is 1.95 bits per heavy atom. The first kappa shape index (κ1) is 27.5. The van der Waals surface area contributed by atoms with Crippen molar-refractivity contribution in [3.63, 3.8) is 0 Å². The van der Waals surface area contributed by atoms with Crippen molar-refractivity contribution in [2.45, 2.75) is 58.0 Å². The maximum Gasteiger partial charge on any atom is 0.251 e. The van der Waals surface area contributed by atoms with Crippen LogP contribution < -0.4 is 10.6 Å². The van der Waals surface area contributed by atoms with Crippen LogP contribution in [0.5, 0.6) is 0 Å². The molecule has 2 heterocycles. The van der Waals surface area contributed by atoms with Crippen LogP contribution in [-0.2, 0) is 14.4 Å². The van der Waals surface area contributed by atoms with E-state index in [9.17, 15) is 14.4 Å². The van der Waals surface area contributed by atoms with Crippen molar-refractivity contribution >= 4 is 35.3 Å². The number of allylic oxidation sites excluding steroid dienone is 5. The van der Waals surface area contributed by atoms with E-state index in [-0.39, 0.29) is 41.2 Å². The summed E-state index contributed by atoms with van der Waals surface area (Å²) in [7, 11) is 0. The smallest absolute Gasteiger partial charge is 0.251 e. The second-order valence-corrected chi connectivity index (χ2v) is 10.6. The Bertz CT molecular complexity index is 1190. The van der Waals surface area contributed by atoms with Gasteiger partial charge in [-0.2, -0.15) is 0 Å². The number of rotatable bonds is 10. The maximum atomic E-state index is 13.8. The molecule has 0 aliphatic heterocycles. The molecule has 2 aromatic heterocycles. The Hall–Kier alpha value is -3.53. The number of furan rings is 1. The number of nitrogens with one attached hydrogen (secondary N) is 2. The van der Waals surface area contributed by atoms with Gasteiger partial charge in [-0.25, -0.2) is 0 Å². The Kier molecular flexibility index (Phi) is 9.64. The van der Waals surface area contributed by atoms with Crippen molar-refractivity contribution in [3.05, 3.63) is 72.1 Å². The highest BCUT2D eigenvalue weighted by Gasteiger charge is 2.36. The van der Waals surface area contributed by atoms with Crippen LogP contribution in [-0.4, -0.2) is 45.3 Å². The molecule has 1 saturated carbocycles. The zero-order valence-electron chi connectivity index (χ0n) is 21.7. The summed E-state index contributed by atoms with van der Waals surface area (Å²) in [5.74, 6) is 0.683. The normalized spacial score (nSPS) is 18.4.